The number of fused-ring (bicyclic) bond motifs is 1. The molecule has 0 aliphatic rings. The molecule has 0 saturated carbocycles. The average Bonchev–Trinajstić information content (AvgIpc) is 2.80. The minimum absolute atomic E-state index is 0.0907. The molecular weight excluding hydrogens is 268 g/mol. The van der Waals surface area contributed by atoms with Gasteiger partial charge in [-0.3, -0.25) is 9.59 Å². The Morgan fingerprint density at radius 2 is 2.26 bits per heavy atom. The standard InChI is InChI=1S/C12H12N2O4S/c1-18-7-2-3-9-8(6-7)14-12(19-9)11(17)13-5-4-10(15)16/h2-3,6H,4-5H2,1H3,(H,13,17)(H,15,16). The number of rotatable bonds is 5. The number of hydrogen-bond donors (Lipinski definition) is 2. The number of carbonyl (C=O) groups excluding carboxylic acids is 1. The van der Waals surface area contributed by atoms with E-state index in [9.17, 15) is 9.59 Å². The van der Waals surface area contributed by atoms with Crippen molar-refractivity contribution in [2.24, 2.45) is 0 Å². The number of aromatic nitrogens is 1. The minimum atomic E-state index is -0.950. The van der Waals surface area contributed by atoms with E-state index in [0.717, 1.165) is 4.70 Å². The van der Waals surface area contributed by atoms with Crippen LogP contribution in [-0.2, 0) is 4.79 Å². The van der Waals surface area contributed by atoms with Gasteiger partial charge in [-0.25, -0.2) is 4.98 Å². The Morgan fingerprint density at radius 1 is 1.47 bits per heavy atom. The Balaban J connectivity index is 2.12. The summed E-state index contributed by atoms with van der Waals surface area (Å²) >= 11 is 1.26. The van der Waals surface area contributed by atoms with Crippen LogP contribution in [0.4, 0.5) is 0 Å². The highest BCUT2D eigenvalue weighted by Gasteiger charge is 2.12. The highest BCUT2D eigenvalue weighted by atomic mass is 32.1. The SMILES string of the molecule is COc1ccc2sc(C(=O)NCCC(=O)O)nc2c1. The molecule has 0 aliphatic heterocycles. The van der Waals surface area contributed by atoms with Crippen LogP contribution in [0.3, 0.4) is 0 Å². The Hall–Kier alpha value is -2.15. The number of carboxylic acids is 1. The summed E-state index contributed by atoms with van der Waals surface area (Å²) in [5.74, 6) is -0.633. The van der Waals surface area contributed by atoms with E-state index in [4.69, 9.17) is 9.84 Å². The summed E-state index contributed by atoms with van der Waals surface area (Å²) in [6.07, 6.45) is -0.107. The van der Waals surface area contributed by atoms with Gasteiger partial charge in [-0.1, -0.05) is 0 Å². The first-order valence-electron chi connectivity index (χ1n) is 5.54. The van der Waals surface area contributed by atoms with E-state index < -0.39 is 5.97 Å². The van der Waals surface area contributed by atoms with Crippen LogP contribution in [-0.4, -0.2) is 35.6 Å². The molecule has 1 aromatic heterocycles. The normalized spacial score (nSPS) is 10.4. The van der Waals surface area contributed by atoms with Crippen LogP contribution in [0.25, 0.3) is 10.2 Å². The van der Waals surface area contributed by atoms with Crippen molar-refractivity contribution in [1.82, 2.24) is 10.3 Å². The molecule has 1 amide bonds. The van der Waals surface area contributed by atoms with Gasteiger partial charge in [0.2, 0.25) is 0 Å². The first-order chi connectivity index (χ1) is 9.10. The Labute approximate surface area is 113 Å². The van der Waals surface area contributed by atoms with Crippen LogP contribution in [0, 0.1) is 0 Å². The molecule has 6 nitrogen and oxygen atoms in total. The molecule has 0 spiro atoms. The van der Waals surface area contributed by atoms with Crippen LogP contribution >= 0.6 is 11.3 Å². The fourth-order valence-electron chi connectivity index (χ4n) is 1.49. The number of thiazole rings is 1. The summed E-state index contributed by atoms with van der Waals surface area (Å²) < 4.78 is 5.96. The Morgan fingerprint density at radius 3 is 2.95 bits per heavy atom. The summed E-state index contributed by atoms with van der Waals surface area (Å²) in [5, 5.41) is 11.3. The molecule has 0 unspecified atom stereocenters. The van der Waals surface area contributed by atoms with Crippen LogP contribution < -0.4 is 10.1 Å². The Kier molecular flexibility index (Phi) is 3.96. The molecular formula is C12H12N2O4S. The molecule has 0 atom stereocenters. The van der Waals surface area contributed by atoms with Gasteiger partial charge < -0.3 is 15.2 Å². The van der Waals surface area contributed by atoms with Crippen molar-refractivity contribution in [3.63, 3.8) is 0 Å². The number of nitrogens with zero attached hydrogens (tertiary/aromatic N) is 1. The largest absolute Gasteiger partial charge is 0.497 e. The van der Waals surface area contributed by atoms with Crippen LogP contribution in [0.1, 0.15) is 16.2 Å². The first-order valence-corrected chi connectivity index (χ1v) is 6.36. The highest BCUT2D eigenvalue weighted by Crippen LogP contribution is 2.25. The van der Waals surface area contributed by atoms with Gasteiger partial charge in [0.05, 0.1) is 23.7 Å². The van der Waals surface area contributed by atoms with Gasteiger partial charge in [0.15, 0.2) is 5.01 Å². The second kappa shape index (κ2) is 5.66. The molecule has 1 heterocycles. The molecule has 0 saturated heterocycles. The third-order valence-corrected chi connectivity index (χ3v) is 3.45. The van der Waals surface area contributed by atoms with E-state index in [0.29, 0.717) is 16.3 Å². The number of benzene rings is 1. The second-order valence-corrected chi connectivity index (χ2v) is 4.78. The number of nitrogens with one attached hydrogen (secondary N) is 1. The maximum Gasteiger partial charge on any atom is 0.305 e. The van der Waals surface area contributed by atoms with Gasteiger partial charge in [0.1, 0.15) is 5.75 Å². The van der Waals surface area contributed by atoms with Crippen molar-refractivity contribution < 1.29 is 19.4 Å². The first kappa shape index (κ1) is 13.3. The number of carboxylic acid groups (broad SMARTS) is 1. The van der Waals surface area contributed by atoms with E-state index in [2.05, 4.69) is 10.3 Å². The number of aliphatic carboxylic acids is 1. The quantitative estimate of drug-likeness (QED) is 0.866. The van der Waals surface area contributed by atoms with Crippen molar-refractivity contribution >= 4 is 33.4 Å². The van der Waals surface area contributed by atoms with Crippen LogP contribution in [0.2, 0.25) is 0 Å². The lowest BCUT2D eigenvalue weighted by Crippen LogP contribution is -2.25. The lowest BCUT2D eigenvalue weighted by molar-refractivity contribution is -0.136. The smallest absolute Gasteiger partial charge is 0.305 e. The van der Waals surface area contributed by atoms with Crippen molar-refractivity contribution in [2.45, 2.75) is 6.42 Å². The molecule has 0 fully saturated rings. The van der Waals surface area contributed by atoms with Gasteiger partial charge in [0, 0.05) is 12.6 Å². The van der Waals surface area contributed by atoms with Gasteiger partial charge >= 0.3 is 5.97 Å². The number of ether oxygens (including phenoxy) is 1. The third kappa shape index (κ3) is 3.19. The van der Waals surface area contributed by atoms with Crippen molar-refractivity contribution in [3.8, 4) is 5.75 Å². The van der Waals surface area contributed by atoms with E-state index in [1.54, 1.807) is 19.2 Å². The zero-order valence-corrected chi connectivity index (χ0v) is 11.0. The fourth-order valence-corrected chi connectivity index (χ4v) is 2.35. The maximum absolute atomic E-state index is 11.8. The summed E-state index contributed by atoms with van der Waals surface area (Å²) in [6.45, 7) is 0.0907. The summed E-state index contributed by atoms with van der Waals surface area (Å²) in [7, 11) is 1.56. The summed E-state index contributed by atoms with van der Waals surface area (Å²) in [5.41, 5.74) is 0.688. The molecule has 19 heavy (non-hydrogen) atoms. The molecule has 7 heteroatoms. The van der Waals surface area contributed by atoms with Gasteiger partial charge in [0.25, 0.3) is 5.91 Å². The predicted molar refractivity (Wildman–Crippen MR) is 70.8 cm³/mol. The number of carbonyl (C=O) groups is 2. The molecule has 0 bridgehead atoms. The topological polar surface area (TPSA) is 88.5 Å². The maximum atomic E-state index is 11.8. The number of amides is 1. The molecule has 1 aromatic carbocycles. The minimum Gasteiger partial charge on any atom is -0.497 e. The Bertz CT molecular complexity index is 623. The van der Waals surface area contributed by atoms with E-state index in [1.165, 1.54) is 11.3 Å². The number of methoxy groups -OCH3 is 1. The number of hydrogen-bond acceptors (Lipinski definition) is 5. The molecule has 2 rings (SSSR count). The van der Waals surface area contributed by atoms with E-state index >= 15 is 0 Å². The highest BCUT2D eigenvalue weighted by molar-refractivity contribution is 7.20. The van der Waals surface area contributed by atoms with Crippen LogP contribution in [0.5, 0.6) is 5.75 Å². The third-order valence-electron chi connectivity index (χ3n) is 2.41. The van der Waals surface area contributed by atoms with Crippen molar-refractivity contribution in [2.75, 3.05) is 13.7 Å². The lowest BCUT2D eigenvalue weighted by atomic mass is 10.3. The van der Waals surface area contributed by atoms with Crippen LogP contribution in [0.15, 0.2) is 18.2 Å². The molecule has 0 radical (unpaired) electrons. The molecule has 0 aliphatic carbocycles. The van der Waals surface area contributed by atoms with Crippen molar-refractivity contribution in [3.05, 3.63) is 23.2 Å². The van der Waals surface area contributed by atoms with E-state index in [-0.39, 0.29) is 18.9 Å². The zero-order valence-electron chi connectivity index (χ0n) is 10.2. The van der Waals surface area contributed by atoms with Gasteiger partial charge in [-0.05, 0) is 12.1 Å². The predicted octanol–water partition coefficient (Wildman–Crippen LogP) is 1.51. The molecule has 2 N–H and O–H groups in total. The molecule has 2 aromatic rings. The summed E-state index contributed by atoms with van der Waals surface area (Å²) in [4.78, 5) is 26.3. The fraction of sp³-hybridized carbons (Fsp3) is 0.250. The monoisotopic (exact) mass is 280 g/mol. The average molecular weight is 280 g/mol. The van der Waals surface area contributed by atoms with Crippen molar-refractivity contribution in [1.29, 1.82) is 0 Å². The second-order valence-electron chi connectivity index (χ2n) is 3.75. The lowest BCUT2D eigenvalue weighted by Gasteiger charge is -1.98. The zero-order chi connectivity index (χ0) is 13.8. The van der Waals surface area contributed by atoms with Gasteiger partial charge in [-0.2, -0.15) is 0 Å². The summed E-state index contributed by atoms with van der Waals surface area (Å²) in [6, 6.07) is 5.38. The van der Waals surface area contributed by atoms with E-state index in [1.807, 2.05) is 6.07 Å². The molecule has 100 valence electrons. The van der Waals surface area contributed by atoms with Gasteiger partial charge in [-0.15, -0.1) is 11.3 Å².